The van der Waals surface area contributed by atoms with Gasteiger partial charge >= 0.3 is 0 Å². The highest BCUT2D eigenvalue weighted by Crippen LogP contribution is 2.17. The first-order chi connectivity index (χ1) is 14.9. The van der Waals surface area contributed by atoms with E-state index in [1.807, 2.05) is 11.0 Å². The number of sulfonamides is 1. The lowest BCUT2D eigenvalue weighted by molar-refractivity contribution is 0.204. The monoisotopic (exact) mass is 577 g/mol. The highest BCUT2D eigenvalue weighted by atomic mass is 127. The first-order valence-electron chi connectivity index (χ1n) is 10.0. The van der Waals surface area contributed by atoms with Crippen molar-refractivity contribution in [1.29, 1.82) is 0 Å². The predicted octanol–water partition coefficient (Wildman–Crippen LogP) is 2.01. The molecule has 32 heavy (non-hydrogen) atoms. The number of nitrogens with zero attached hydrogens (tertiary/aromatic N) is 3. The number of halogens is 2. The second-order valence-electron chi connectivity index (χ2n) is 7.16. The number of hydrogen-bond donors (Lipinski definition) is 2. The average Bonchev–Trinajstić information content (AvgIpc) is 2.78. The zero-order valence-electron chi connectivity index (χ0n) is 17.9. The molecule has 0 atom stereocenters. The first-order valence-corrected chi connectivity index (χ1v) is 11.5. The van der Waals surface area contributed by atoms with Crippen LogP contribution in [0.25, 0.3) is 0 Å². The van der Waals surface area contributed by atoms with E-state index in [0.717, 1.165) is 24.3 Å². The fourth-order valence-electron chi connectivity index (χ4n) is 3.29. The molecule has 1 saturated heterocycles. The van der Waals surface area contributed by atoms with E-state index in [1.54, 1.807) is 30.3 Å². The van der Waals surface area contributed by atoms with Crippen LogP contribution in [0.4, 0.5) is 10.1 Å². The van der Waals surface area contributed by atoms with Crippen LogP contribution in [0.3, 0.4) is 0 Å². The Bertz CT molecular complexity index is 997. The minimum absolute atomic E-state index is 0. The summed E-state index contributed by atoms with van der Waals surface area (Å²) < 4.78 is 45.2. The minimum atomic E-state index is -3.60. The Hall–Kier alpha value is -1.96. The molecule has 11 heteroatoms. The maximum absolute atomic E-state index is 13.1. The summed E-state index contributed by atoms with van der Waals surface area (Å²) >= 11 is 0. The number of methoxy groups -OCH3 is 1. The molecule has 0 radical (unpaired) electrons. The summed E-state index contributed by atoms with van der Waals surface area (Å²) in [7, 11) is -2.08. The van der Waals surface area contributed by atoms with Gasteiger partial charge in [-0.2, -0.15) is 0 Å². The third-order valence-electron chi connectivity index (χ3n) is 5.03. The quantitative estimate of drug-likeness (QED) is 0.216. The van der Waals surface area contributed by atoms with Crippen molar-refractivity contribution < 1.29 is 17.5 Å². The van der Waals surface area contributed by atoms with Gasteiger partial charge in [0.05, 0.1) is 18.0 Å². The van der Waals surface area contributed by atoms with Crippen LogP contribution in [0.15, 0.2) is 58.4 Å². The van der Waals surface area contributed by atoms with Gasteiger partial charge in [-0.25, -0.2) is 22.5 Å². The number of nitrogens with two attached hydrogens (primary N) is 1. The average molecular weight is 577 g/mol. The number of rotatable bonds is 8. The van der Waals surface area contributed by atoms with Crippen LogP contribution < -0.4 is 15.4 Å². The van der Waals surface area contributed by atoms with Crippen molar-refractivity contribution in [1.82, 2.24) is 9.62 Å². The maximum Gasteiger partial charge on any atom is 0.240 e. The fourth-order valence-corrected chi connectivity index (χ4v) is 4.37. The fraction of sp³-hybridized carbons (Fsp3) is 0.381. The normalized spacial score (nSPS) is 14.9. The van der Waals surface area contributed by atoms with Crippen LogP contribution in [-0.4, -0.2) is 65.7 Å². The zero-order valence-corrected chi connectivity index (χ0v) is 21.1. The molecule has 3 N–H and O–H groups in total. The molecule has 1 fully saturated rings. The van der Waals surface area contributed by atoms with Crippen molar-refractivity contribution in [2.24, 2.45) is 10.7 Å². The Morgan fingerprint density at radius 3 is 2.50 bits per heavy atom. The van der Waals surface area contributed by atoms with Crippen LogP contribution in [0.2, 0.25) is 0 Å². The number of guanidine groups is 1. The third kappa shape index (κ3) is 7.29. The lowest BCUT2D eigenvalue weighted by Gasteiger charge is -2.36. The van der Waals surface area contributed by atoms with E-state index in [0.29, 0.717) is 25.7 Å². The van der Waals surface area contributed by atoms with Gasteiger partial charge in [-0.3, -0.25) is 0 Å². The number of nitrogens with one attached hydrogen (secondary N) is 1. The molecule has 1 heterocycles. The molecule has 0 aromatic heterocycles. The van der Waals surface area contributed by atoms with Crippen molar-refractivity contribution in [2.75, 3.05) is 51.3 Å². The van der Waals surface area contributed by atoms with Crippen LogP contribution in [0, 0.1) is 5.82 Å². The highest BCUT2D eigenvalue weighted by Gasteiger charge is 2.19. The molecule has 2 aromatic rings. The van der Waals surface area contributed by atoms with Gasteiger partial charge in [0, 0.05) is 45.5 Å². The Balaban J connectivity index is 0.00000363. The Morgan fingerprint density at radius 2 is 1.84 bits per heavy atom. The molecular weight excluding hydrogens is 548 g/mol. The summed E-state index contributed by atoms with van der Waals surface area (Å²) in [5.41, 5.74) is 7.90. The van der Waals surface area contributed by atoms with Crippen LogP contribution in [0.1, 0.15) is 5.56 Å². The molecule has 1 aliphatic heterocycles. The van der Waals surface area contributed by atoms with E-state index in [4.69, 9.17) is 10.5 Å². The molecule has 0 spiro atoms. The van der Waals surface area contributed by atoms with E-state index >= 15 is 0 Å². The Labute approximate surface area is 205 Å². The van der Waals surface area contributed by atoms with Gasteiger partial charge in [-0.15, -0.1) is 24.0 Å². The molecule has 3 rings (SSSR count). The Morgan fingerprint density at radius 1 is 1.16 bits per heavy atom. The van der Waals surface area contributed by atoms with E-state index < -0.39 is 10.0 Å². The maximum atomic E-state index is 13.1. The number of benzene rings is 2. The van der Waals surface area contributed by atoms with Gasteiger partial charge in [0.1, 0.15) is 5.82 Å². The van der Waals surface area contributed by atoms with Crippen molar-refractivity contribution in [3.8, 4) is 0 Å². The van der Waals surface area contributed by atoms with Crippen molar-refractivity contribution in [3.05, 3.63) is 59.9 Å². The highest BCUT2D eigenvalue weighted by molar-refractivity contribution is 14.0. The zero-order chi connectivity index (χ0) is 22.3. The number of anilines is 1. The number of hydrogen-bond acceptors (Lipinski definition) is 5. The molecular formula is C21H29FIN5O3S. The second kappa shape index (κ2) is 12.3. The summed E-state index contributed by atoms with van der Waals surface area (Å²) in [4.78, 5) is 8.79. The van der Waals surface area contributed by atoms with Gasteiger partial charge in [0.2, 0.25) is 10.0 Å². The van der Waals surface area contributed by atoms with Crippen LogP contribution in [-0.2, 0) is 21.3 Å². The van der Waals surface area contributed by atoms with Gasteiger partial charge in [0.15, 0.2) is 5.96 Å². The SMILES string of the molecule is COCCNS(=O)(=O)c1cccc(CN=C(N)N2CCN(c3ccc(F)cc3)CC2)c1.I. The van der Waals surface area contributed by atoms with Crippen molar-refractivity contribution in [3.63, 3.8) is 0 Å². The van der Waals surface area contributed by atoms with Crippen LogP contribution in [0.5, 0.6) is 0 Å². The molecule has 176 valence electrons. The second-order valence-corrected chi connectivity index (χ2v) is 8.93. The number of piperazine rings is 1. The molecule has 0 saturated carbocycles. The van der Waals surface area contributed by atoms with E-state index in [9.17, 15) is 12.8 Å². The molecule has 2 aromatic carbocycles. The van der Waals surface area contributed by atoms with Crippen molar-refractivity contribution in [2.45, 2.75) is 11.4 Å². The molecule has 0 amide bonds. The van der Waals surface area contributed by atoms with E-state index in [1.165, 1.54) is 19.2 Å². The molecule has 8 nitrogen and oxygen atoms in total. The first kappa shape index (κ1) is 26.3. The van der Waals surface area contributed by atoms with Gasteiger partial charge in [-0.05, 0) is 42.0 Å². The van der Waals surface area contributed by atoms with Gasteiger partial charge in [-0.1, -0.05) is 12.1 Å². The topological polar surface area (TPSA) is 100 Å². The lowest BCUT2D eigenvalue weighted by atomic mass is 10.2. The van der Waals surface area contributed by atoms with Gasteiger partial charge in [0.25, 0.3) is 0 Å². The Kier molecular flexibility index (Phi) is 10.1. The molecule has 1 aliphatic rings. The third-order valence-corrected chi connectivity index (χ3v) is 6.48. The summed E-state index contributed by atoms with van der Waals surface area (Å²) in [6, 6.07) is 13.1. The molecule has 0 aliphatic carbocycles. The largest absolute Gasteiger partial charge is 0.383 e. The number of ether oxygens (including phenoxy) is 1. The summed E-state index contributed by atoms with van der Waals surface area (Å²) in [6.07, 6.45) is 0. The van der Waals surface area contributed by atoms with Gasteiger partial charge < -0.3 is 20.3 Å². The predicted molar refractivity (Wildman–Crippen MR) is 134 cm³/mol. The summed E-state index contributed by atoms with van der Waals surface area (Å²) in [5.74, 6) is 0.173. The smallest absolute Gasteiger partial charge is 0.240 e. The van der Waals surface area contributed by atoms with E-state index in [-0.39, 0.29) is 47.8 Å². The van der Waals surface area contributed by atoms with Crippen molar-refractivity contribution >= 4 is 45.6 Å². The molecule has 0 bridgehead atoms. The van der Waals surface area contributed by atoms with Crippen LogP contribution >= 0.6 is 24.0 Å². The van der Waals surface area contributed by atoms with E-state index in [2.05, 4.69) is 14.6 Å². The standard InChI is InChI=1S/C21H28FN5O3S.HI/c1-30-14-9-25-31(28,29)20-4-2-3-17(15-20)16-24-21(23)27-12-10-26(11-13-27)19-7-5-18(22)6-8-19;/h2-8,15,25H,9-14,16H2,1H3,(H2,23,24);1H. The summed E-state index contributed by atoms with van der Waals surface area (Å²) in [5, 5.41) is 0. The minimum Gasteiger partial charge on any atom is -0.383 e. The number of aliphatic imine (C=N–C) groups is 1. The molecule has 0 unspecified atom stereocenters. The lowest BCUT2D eigenvalue weighted by Crippen LogP contribution is -2.51. The summed E-state index contributed by atoms with van der Waals surface area (Å²) in [6.45, 7) is 3.69.